The van der Waals surface area contributed by atoms with Crippen LogP contribution >= 0.6 is 11.8 Å². The summed E-state index contributed by atoms with van der Waals surface area (Å²) in [6.07, 6.45) is 1.41. The second kappa shape index (κ2) is 7.30. The molecule has 0 aliphatic heterocycles. The molecule has 0 bridgehead atoms. The van der Waals surface area contributed by atoms with E-state index in [1.165, 1.54) is 6.08 Å². The van der Waals surface area contributed by atoms with Crippen molar-refractivity contribution in [2.75, 3.05) is 12.4 Å². The third-order valence-electron chi connectivity index (χ3n) is 1.51. The van der Waals surface area contributed by atoms with Crippen molar-refractivity contribution in [1.82, 2.24) is 0 Å². The normalized spacial score (nSPS) is 14.0. The van der Waals surface area contributed by atoms with E-state index < -0.39 is 23.2 Å². The van der Waals surface area contributed by atoms with Crippen LogP contribution in [-0.4, -0.2) is 40.7 Å². The molecule has 5 nitrogen and oxygen atoms in total. The number of carboxylic acid groups (broad SMARTS) is 1. The summed E-state index contributed by atoms with van der Waals surface area (Å²) in [5, 5.41) is 7.97. The van der Waals surface area contributed by atoms with E-state index in [0.29, 0.717) is 0 Å². The number of thioether (sulfide) groups is 1. The number of nitrogens with two attached hydrogens (primary N) is 1. The number of aliphatic carboxylic acids is 1. The molecule has 2 atom stereocenters. The van der Waals surface area contributed by atoms with E-state index in [0.717, 1.165) is 11.8 Å². The fraction of sp³-hybridized carbons (Fsp3) is 0.556. The van der Waals surface area contributed by atoms with Gasteiger partial charge >= 0.3 is 11.9 Å². The average molecular weight is 233 g/mol. The van der Waals surface area contributed by atoms with Crippen LogP contribution in [0.1, 0.15) is 6.92 Å². The van der Waals surface area contributed by atoms with E-state index in [1.54, 1.807) is 6.92 Å². The Morgan fingerprint density at radius 2 is 2.27 bits per heavy atom. The highest BCUT2D eigenvalue weighted by molar-refractivity contribution is 8.00. The van der Waals surface area contributed by atoms with Gasteiger partial charge in [-0.2, -0.15) is 0 Å². The average Bonchev–Trinajstić information content (AvgIpc) is 2.18. The van der Waals surface area contributed by atoms with E-state index in [4.69, 9.17) is 15.6 Å². The first-order valence-corrected chi connectivity index (χ1v) is 5.47. The summed E-state index contributed by atoms with van der Waals surface area (Å²) in [6.45, 7) is 5.46. The van der Waals surface area contributed by atoms with Gasteiger partial charge in [0.2, 0.25) is 0 Å². The standard InChI is InChI=1S/C9H15NO4S/c1-3-7(9(13)14-4-2)15-5-6(10)8(11)12/h3,6-7H,1,4-5,10H2,2H3,(H,11,12)/t6-,7?/m0/s1. The highest BCUT2D eigenvalue weighted by Gasteiger charge is 2.20. The Morgan fingerprint density at radius 3 is 2.67 bits per heavy atom. The number of carbonyl (C=O) groups excluding carboxylic acids is 1. The Hall–Kier alpha value is -1.01. The van der Waals surface area contributed by atoms with Gasteiger partial charge in [0.05, 0.1) is 6.61 Å². The van der Waals surface area contributed by atoms with Crippen molar-refractivity contribution in [3.8, 4) is 0 Å². The van der Waals surface area contributed by atoms with Crippen LogP contribution < -0.4 is 5.73 Å². The summed E-state index contributed by atoms with van der Waals surface area (Å²) in [6, 6.07) is -0.980. The first kappa shape index (κ1) is 14.0. The largest absolute Gasteiger partial charge is 0.480 e. The molecule has 0 aliphatic rings. The number of esters is 1. The summed E-state index contributed by atoms with van der Waals surface area (Å²) >= 11 is 1.11. The van der Waals surface area contributed by atoms with Crippen LogP contribution in [0.2, 0.25) is 0 Å². The first-order chi connectivity index (χ1) is 7.02. The van der Waals surface area contributed by atoms with Gasteiger partial charge < -0.3 is 15.6 Å². The molecule has 0 aromatic carbocycles. The molecular weight excluding hydrogens is 218 g/mol. The number of carbonyl (C=O) groups is 2. The summed E-state index contributed by atoms with van der Waals surface area (Å²) in [5.74, 6) is -1.37. The van der Waals surface area contributed by atoms with E-state index in [2.05, 4.69) is 6.58 Å². The van der Waals surface area contributed by atoms with Crippen molar-refractivity contribution in [2.45, 2.75) is 18.2 Å². The lowest BCUT2D eigenvalue weighted by molar-refractivity contribution is -0.141. The van der Waals surface area contributed by atoms with Gasteiger partial charge in [-0.3, -0.25) is 9.59 Å². The Morgan fingerprint density at radius 1 is 1.67 bits per heavy atom. The molecule has 0 aromatic heterocycles. The number of ether oxygens (including phenoxy) is 1. The molecule has 3 N–H and O–H groups in total. The number of rotatable bonds is 7. The maximum Gasteiger partial charge on any atom is 0.322 e. The van der Waals surface area contributed by atoms with Crippen molar-refractivity contribution in [1.29, 1.82) is 0 Å². The van der Waals surface area contributed by atoms with Crippen molar-refractivity contribution in [2.24, 2.45) is 5.73 Å². The minimum Gasteiger partial charge on any atom is -0.480 e. The molecule has 15 heavy (non-hydrogen) atoms. The van der Waals surface area contributed by atoms with Gasteiger partial charge in [0, 0.05) is 5.75 Å². The minimum atomic E-state index is -1.09. The predicted molar refractivity (Wildman–Crippen MR) is 58.7 cm³/mol. The number of hydrogen-bond donors (Lipinski definition) is 2. The van der Waals surface area contributed by atoms with E-state index in [9.17, 15) is 9.59 Å². The lowest BCUT2D eigenvalue weighted by Crippen LogP contribution is -2.34. The molecule has 0 rings (SSSR count). The van der Waals surface area contributed by atoms with Crippen molar-refractivity contribution in [3.63, 3.8) is 0 Å². The Kier molecular flexibility index (Phi) is 6.81. The van der Waals surface area contributed by atoms with Crippen LogP contribution in [0.25, 0.3) is 0 Å². The summed E-state index contributed by atoms with van der Waals surface area (Å²) in [5.41, 5.74) is 5.29. The van der Waals surface area contributed by atoms with Gasteiger partial charge in [0.15, 0.2) is 0 Å². The SMILES string of the molecule is C=CC(SC[C@H](N)C(=O)O)C(=O)OCC. The van der Waals surface area contributed by atoms with Crippen LogP contribution in [0.3, 0.4) is 0 Å². The van der Waals surface area contributed by atoms with Crippen LogP contribution in [0.15, 0.2) is 12.7 Å². The van der Waals surface area contributed by atoms with E-state index >= 15 is 0 Å². The molecule has 0 spiro atoms. The number of hydrogen-bond acceptors (Lipinski definition) is 5. The maximum atomic E-state index is 11.3. The predicted octanol–water partition coefficient (Wildman–Crippen LogP) is 0.249. The maximum absolute atomic E-state index is 11.3. The van der Waals surface area contributed by atoms with Gasteiger partial charge in [-0.05, 0) is 6.92 Å². The summed E-state index contributed by atoms with van der Waals surface area (Å²) in [4.78, 5) is 21.7. The van der Waals surface area contributed by atoms with Gasteiger partial charge in [0.1, 0.15) is 11.3 Å². The third kappa shape index (κ3) is 5.44. The molecule has 1 unspecified atom stereocenters. The molecule has 0 saturated heterocycles. The molecule has 0 saturated carbocycles. The van der Waals surface area contributed by atoms with Crippen molar-refractivity contribution < 1.29 is 19.4 Å². The zero-order chi connectivity index (χ0) is 11.8. The zero-order valence-corrected chi connectivity index (χ0v) is 9.33. The minimum absolute atomic E-state index is 0.144. The molecule has 0 aliphatic carbocycles. The van der Waals surface area contributed by atoms with Gasteiger partial charge in [-0.25, -0.2) is 0 Å². The topological polar surface area (TPSA) is 89.6 Å². The Bertz CT molecular complexity index is 244. The zero-order valence-electron chi connectivity index (χ0n) is 8.51. The third-order valence-corrected chi connectivity index (χ3v) is 2.80. The van der Waals surface area contributed by atoms with Gasteiger partial charge in [-0.1, -0.05) is 6.08 Å². The molecule has 0 fully saturated rings. The summed E-state index contributed by atoms with van der Waals surface area (Å²) < 4.78 is 4.77. The molecule has 0 heterocycles. The molecule has 0 amide bonds. The summed E-state index contributed by atoms with van der Waals surface area (Å²) in [7, 11) is 0. The lowest BCUT2D eigenvalue weighted by atomic mass is 10.4. The molecule has 86 valence electrons. The fourth-order valence-corrected chi connectivity index (χ4v) is 1.63. The van der Waals surface area contributed by atoms with E-state index in [1.807, 2.05) is 0 Å². The number of carboxylic acids is 1. The van der Waals surface area contributed by atoms with Crippen LogP contribution in [0.4, 0.5) is 0 Å². The van der Waals surface area contributed by atoms with Crippen molar-refractivity contribution in [3.05, 3.63) is 12.7 Å². The highest BCUT2D eigenvalue weighted by Crippen LogP contribution is 2.14. The molecular formula is C9H15NO4S. The Balaban J connectivity index is 4.05. The second-order valence-electron chi connectivity index (χ2n) is 2.69. The van der Waals surface area contributed by atoms with Crippen LogP contribution in [0.5, 0.6) is 0 Å². The monoisotopic (exact) mass is 233 g/mol. The van der Waals surface area contributed by atoms with Crippen LogP contribution in [-0.2, 0) is 14.3 Å². The molecule has 0 radical (unpaired) electrons. The smallest absolute Gasteiger partial charge is 0.322 e. The lowest BCUT2D eigenvalue weighted by Gasteiger charge is -2.12. The fourth-order valence-electron chi connectivity index (χ4n) is 0.735. The van der Waals surface area contributed by atoms with Gasteiger partial charge in [0.25, 0.3) is 0 Å². The van der Waals surface area contributed by atoms with Crippen LogP contribution in [0, 0.1) is 0 Å². The van der Waals surface area contributed by atoms with Gasteiger partial charge in [-0.15, -0.1) is 18.3 Å². The quantitative estimate of drug-likeness (QED) is 0.484. The molecule has 0 aromatic rings. The second-order valence-corrected chi connectivity index (χ2v) is 3.86. The molecule has 6 heteroatoms. The first-order valence-electron chi connectivity index (χ1n) is 4.42. The van der Waals surface area contributed by atoms with Crippen molar-refractivity contribution >= 4 is 23.7 Å². The van der Waals surface area contributed by atoms with E-state index in [-0.39, 0.29) is 12.4 Å². The Labute approximate surface area is 92.7 Å². The highest BCUT2D eigenvalue weighted by atomic mass is 32.2.